The zero-order valence-corrected chi connectivity index (χ0v) is 14.1. The van der Waals surface area contributed by atoms with E-state index in [0.29, 0.717) is 11.5 Å². The van der Waals surface area contributed by atoms with Crippen molar-refractivity contribution < 1.29 is 19.0 Å². The van der Waals surface area contributed by atoms with E-state index in [4.69, 9.17) is 14.2 Å². The van der Waals surface area contributed by atoms with Gasteiger partial charge < -0.3 is 14.2 Å². The predicted octanol–water partition coefficient (Wildman–Crippen LogP) is 4.24. The minimum Gasteiger partial charge on any atom is -0.485 e. The number of hydrogen-bond donors (Lipinski definition) is 0. The van der Waals surface area contributed by atoms with Crippen molar-refractivity contribution in [3.05, 3.63) is 84.4 Å². The van der Waals surface area contributed by atoms with Crippen LogP contribution in [0.5, 0.6) is 11.5 Å². The van der Waals surface area contributed by atoms with Gasteiger partial charge in [0.15, 0.2) is 11.5 Å². The largest absolute Gasteiger partial charge is 0.485 e. The van der Waals surface area contributed by atoms with Crippen molar-refractivity contribution in [2.75, 3.05) is 6.61 Å². The van der Waals surface area contributed by atoms with Crippen LogP contribution in [0, 0.1) is 0 Å². The van der Waals surface area contributed by atoms with E-state index >= 15 is 0 Å². The standard InChI is InChI=1S/C22H18O4/c23-22(21-15-24-19-8-4-5-9-20(19)26-21)25-14-16-10-12-18(13-11-16)17-6-2-1-3-7-17/h1-13,21H,14-15H2/t21-/m0/s1. The second kappa shape index (κ2) is 7.31. The molecule has 0 fully saturated rings. The molecule has 0 radical (unpaired) electrons. The van der Waals surface area contributed by atoms with Gasteiger partial charge in [0.2, 0.25) is 6.10 Å². The average molecular weight is 346 g/mol. The maximum atomic E-state index is 12.2. The van der Waals surface area contributed by atoms with E-state index in [0.717, 1.165) is 16.7 Å². The normalized spacial score (nSPS) is 15.3. The Balaban J connectivity index is 1.35. The fraction of sp³-hybridized carbons (Fsp3) is 0.136. The molecule has 3 aromatic carbocycles. The van der Waals surface area contributed by atoms with E-state index in [1.54, 1.807) is 6.07 Å². The summed E-state index contributed by atoms with van der Waals surface area (Å²) in [6, 6.07) is 25.4. The molecular formula is C22H18O4. The minimum atomic E-state index is -0.742. The Labute approximate surface area is 152 Å². The van der Waals surface area contributed by atoms with Gasteiger partial charge in [-0.15, -0.1) is 0 Å². The summed E-state index contributed by atoms with van der Waals surface area (Å²) in [6.07, 6.45) is -0.742. The minimum absolute atomic E-state index is 0.156. The SMILES string of the molecule is O=C(OCc1ccc(-c2ccccc2)cc1)[C@@H]1COc2ccccc2O1. The van der Waals surface area contributed by atoms with Gasteiger partial charge in [-0.2, -0.15) is 0 Å². The van der Waals surface area contributed by atoms with Gasteiger partial charge in [0.05, 0.1) is 0 Å². The van der Waals surface area contributed by atoms with Crippen molar-refractivity contribution in [1.82, 2.24) is 0 Å². The summed E-state index contributed by atoms with van der Waals surface area (Å²) < 4.78 is 16.6. The first-order chi connectivity index (χ1) is 12.8. The predicted molar refractivity (Wildman–Crippen MR) is 98.0 cm³/mol. The first-order valence-corrected chi connectivity index (χ1v) is 8.49. The molecule has 0 spiro atoms. The molecule has 130 valence electrons. The van der Waals surface area contributed by atoms with Crippen LogP contribution in [0.15, 0.2) is 78.9 Å². The van der Waals surface area contributed by atoms with Gasteiger partial charge in [-0.25, -0.2) is 4.79 Å². The van der Waals surface area contributed by atoms with Crippen molar-refractivity contribution in [1.29, 1.82) is 0 Å². The van der Waals surface area contributed by atoms with Crippen molar-refractivity contribution in [2.45, 2.75) is 12.7 Å². The van der Waals surface area contributed by atoms with Gasteiger partial charge in [0.1, 0.15) is 13.2 Å². The molecule has 4 rings (SSSR count). The van der Waals surface area contributed by atoms with E-state index in [-0.39, 0.29) is 13.2 Å². The molecule has 0 saturated carbocycles. The molecule has 0 saturated heterocycles. The molecule has 1 heterocycles. The lowest BCUT2D eigenvalue weighted by atomic mass is 10.0. The zero-order chi connectivity index (χ0) is 17.8. The molecule has 26 heavy (non-hydrogen) atoms. The molecule has 0 N–H and O–H groups in total. The molecule has 4 nitrogen and oxygen atoms in total. The quantitative estimate of drug-likeness (QED) is 0.663. The fourth-order valence-electron chi connectivity index (χ4n) is 2.81. The van der Waals surface area contributed by atoms with Crippen LogP contribution in [0.3, 0.4) is 0 Å². The van der Waals surface area contributed by atoms with Gasteiger partial charge in [0, 0.05) is 0 Å². The van der Waals surface area contributed by atoms with Crippen molar-refractivity contribution in [2.24, 2.45) is 0 Å². The molecule has 0 aromatic heterocycles. The topological polar surface area (TPSA) is 44.8 Å². The summed E-state index contributed by atoms with van der Waals surface area (Å²) in [7, 11) is 0. The average Bonchev–Trinajstić information content (AvgIpc) is 2.72. The number of carbonyl (C=O) groups excluding carboxylic acids is 1. The van der Waals surface area contributed by atoms with Crippen LogP contribution < -0.4 is 9.47 Å². The maximum Gasteiger partial charge on any atom is 0.351 e. The molecule has 1 aliphatic rings. The van der Waals surface area contributed by atoms with Crippen molar-refractivity contribution >= 4 is 5.97 Å². The Hall–Kier alpha value is -3.27. The highest BCUT2D eigenvalue weighted by atomic mass is 16.6. The number of esters is 1. The molecular weight excluding hydrogens is 328 g/mol. The third-order valence-electron chi connectivity index (χ3n) is 4.21. The van der Waals surface area contributed by atoms with Crippen LogP contribution in [0.4, 0.5) is 0 Å². The van der Waals surface area contributed by atoms with Crippen molar-refractivity contribution in [3.8, 4) is 22.6 Å². The van der Waals surface area contributed by atoms with Crippen LogP contribution in [-0.2, 0) is 16.1 Å². The van der Waals surface area contributed by atoms with E-state index < -0.39 is 12.1 Å². The third kappa shape index (κ3) is 3.54. The van der Waals surface area contributed by atoms with Gasteiger partial charge in [-0.1, -0.05) is 66.7 Å². The van der Waals surface area contributed by atoms with Crippen LogP contribution >= 0.6 is 0 Å². The molecule has 0 bridgehead atoms. The van der Waals surface area contributed by atoms with Crippen LogP contribution in [-0.4, -0.2) is 18.7 Å². The summed E-state index contributed by atoms with van der Waals surface area (Å²) in [5.74, 6) is 0.785. The number of carbonyl (C=O) groups is 1. The number of ether oxygens (including phenoxy) is 3. The highest BCUT2D eigenvalue weighted by Crippen LogP contribution is 2.31. The zero-order valence-electron chi connectivity index (χ0n) is 14.1. The Bertz CT molecular complexity index is 888. The second-order valence-electron chi connectivity index (χ2n) is 6.03. The van der Waals surface area contributed by atoms with E-state index in [1.165, 1.54) is 0 Å². The highest BCUT2D eigenvalue weighted by molar-refractivity contribution is 5.76. The Morgan fingerprint density at radius 1 is 0.846 bits per heavy atom. The Kier molecular flexibility index (Phi) is 4.56. The molecule has 1 atom stereocenters. The van der Waals surface area contributed by atoms with E-state index in [9.17, 15) is 4.79 Å². The third-order valence-corrected chi connectivity index (χ3v) is 4.21. The summed E-state index contributed by atoms with van der Waals surface area (Å²) in [4.78, 5) is 12.2. The molecule has 0 aliphatic carbocycles. The molecule has 4 heteroatoms. The van der Waals surface area contributed by atoms with Crippen LogP contribution in [0.2, 0.25) is 0 Å². The molecule has 1 aliphatic heterocycles. The summed E-state index contributed by atoms with van der Waals surface area (Å²) in [5.41, 5.74) is 3.21. The molecule has 3 aromatic rings. The van der Waals surface area contributed by atoms with Gasteiger partial charge in [0.25, 0.3) is 0 Å². The Morgan fingerprint density at radius 2 is 1.50 bits per heavy atom. The highest BCUT2D eigenvalue weighted by Gasteiger charge is 2.28. The van der Waals surface area contributed by atoms with Gasteiger partial charge >= 0.3 is 5.97 Å². The lowest BCUT2D eigenvalue weighted by molar-refractivity contribution is -0.155. The lowest BCUT2D eigenvalue weighted by Crippen LogP contribution is -2.37. The lowest BCUT2D eigenvalue weighted by Gasteiger charge is -2.24. The van der Waals surface area contributed by atoms with Crippen LogP contribution in [0.1, 0.15) is 5.56 Å². The smallest absolute Gasteiger partial charge is 0.351 e. The first-order valence-electron chi connectivity index (χ1n) is 8.49. The molecule has 0 unspecified atom stereocenters. The van der Waals surface area contributed by atoms with Gasteiger partial charge in [-0.3, -0.25) is 0 Å². The number of hydrogen-bond acceptors (Lipinski definition) is 4. The summed E-state index contributed by atoms with van der Waals surface area (Å²) in [5, 5.41) is 0. The maximum absolute atomic E-state index is 12.2. The number of rotatable bonds is 4. The number of benzene rings is 3. The first kappa shape index (κ1) is 16.2. The van der Waals surface area contributed by atoms with Crippen LogP contribution in [0.25, 0.3) is 11.1 Å². The second-order valence-corrected chi connectivity index (χ2v) is 6.03. The number of fused-ring (bicyclic) bond motifs is 1. The van der Waals surface area contributed by atoms with Crippen molar-refractivity contribution in [3.63, 3.8) is 0 Å². The summed E-state index contributed by atoms with van der Waals surface area (Å²) >= 11 is 0. The van der Waals surface area contributed by atoms with E-state index in [2.05, 4.69) is 12.1 Å². The number of para-hydroxylation sites is 2. The summed E-state index contributed by atoms with van der Waals surface area (Å²) in [6.45, 7) is 0.359. The van der Waals surface area contributed by atoms with Gasteiger partial charge in [-0.05, 0) is 28.8 Å². The van der Waals surface area contributed by atoms with E-state index in [1.807, 2.05) is 60.7 Å². The molecule has 0 amide bonds. The monoisotopic (exact) mass is 346 g/mol. The fourth-order valence-corrected chi connectivity index (χ4v) is 2.81. The Morgan fingerprint density at radius 3 is 2.27 bits per heavy atom.